The third-order valence-corrected chi connectivity index (χ3v) is 4.26. The molecule has 1 N–H and O–H groups in total. The first kappa shape index (κ1) is 13.8. The van der Waals surface area contributed by atoms with Gasteiger partial charge in [-0.2, -0.15) is 9.40 Å². The van der Waals surface area contributed by atoms with E-state index in [9.17, 15) is 8.42 Å². The van der Waals surface area contributed by atoms with Crippen LogP contribution in [0.15, 0.2) is 17.3 Å². The van der Waals surface area contributed by atoms with Gasteiger partial charge in [-0.1, -0.05) is 0 Å². The second-order valence-corrected chi connectivity index (χ2v) is 6.17. The van der Waals surface area contributed by atoms with Crippen LogP contribution < -0.4 is 0 Å². The Morgan fingerprint density at radius 3 is 2.53 bits per heavy atom. The highest BCUT2D eigenvalue weighted by molar-refractivity contribution is 7.89. The van der Waals surface area contributed by atoms with Crippen molar-refractivity contribution in [2.24, 2.45) is 0 Å². The number of aromatic nitrogens is 5. The summed E-state index contributed by atoms with van der Waals surface area (Å²) in [5.74, 6) is 1.01. The van der Waals surface area contributed by atoms with Crippen LogP contribution >= 0.6 is 11.6 Å². The number of H-pyrrole nitrogens is 1. The Hall–Kier alpha value is -1.58. The Morgan fingerprint density at radius 2 is 2.00 bits per heavy atom. The van der Waals surface area contributed by atoms with E-state index >= 15 is 0 Å². The predicted molar refractivity (Wildman–Crippen MR) is 66.8 cm³/mol. The number of nitrogens with zero attached hydrogens (tertiary/aromatic N) is 5. The van der Waals surface area contributed by atoms with Gasteiger partial charge in [0.25, 0.3) is 0 Å². The molecule has 2 rings (SSSR count). The van der Waals surface area contributed by atoms with Crippen molar-refractivity contribution in [2.75, 3.05) is 7.05 Å². The van der Waals surface area contributed by atoms with Gasteiger partial charge >= 0.3 is 0 Å². The second-order valence-electron chi connectivity index (χ2n) is 3.79. The van der Waals surface area contributed by atoms with Gasteiger partial charge in [0.05, 0.1) is 18.9 Å². The standard InChI is InChI=1S/C9H11ClN6O2S/c1-6-13-8(15-14-6)5-16(2)19(17,18)7-3-11-9(10)12-4-7/h3-4H,5H2,1-2H3,(H,13,14,15). The molecule has 19 heavy (non-hydrogen) atoms. The van der Waals surface area contributed by atoms with Crippen LogP contribution in [-0.2, 0) is 16.6 Å². The maximum Gasteiger partial charge on any atom is 0.246 e. The Bertz CT molecular complexity index is 668. The van der Waals surface area contributed by atoms with Gasteiger partial charge in [-0.05, 0) is 18.5 Å². The molecule has 2 aromatic heterocycles. The summed E-state index contributed by atoms with van der Waals surface area (Å²) in [6, 6.07) is 0. The summed E-state index contributed by atoms with van der Waals surface area (Å²) >= 11 is 5.52. The maximum atomic E-state index is 12.2. The first-order valence-corrected chi connectivity index (χ1v) is 7.03. The Labute approximate surface area is 114 Å². The van der Waals surface area contributed by atoms with E-state index in [1.54, 1.807) is 6.92 Å². The lowest BCUT2D eigenvalue weighted by Gasteiger charge is -2.14. The highest BCUT2D eigenvalue weighted by Gasteiger charge is 2.23. The molecule has 0 aromatic carbocycles. The lowest BCUT2D eigenvalue weighted by atomic mass is 10.6. The van der Waals surface area contributed by atoms with Crippen molar-refractivity contribution in [3.8, 4) is 0 Å². The van der Waals surface area contributed by atoms with Gasteiger partial charge in [0.15, 0.2) is 5.82 Å². The molecule has 0 fully saturated rings. The fourth-order valence-electron chi connectivity index (χ4n) is 1.36. The van der Waals surface area contributed by atoms with Crippen molar-refractivity contribution in [2.45, 2.75) is 18.4 Å². The van der Waals surface area contributed by atoms with E-state index in [1.165, 1.54) is 7.05 Å². The van der Waals surface area contributed by atoms with Crippen molar-refractivity contribution in [3.05, 3.63) is 29.3 Å². The van der Waals surface area contributed by atoms with E-state index in [0.717, 1.165) is 16.7 Å². The minimum atomic E-state index is -3.69. The van der Waals surface area contributed by atoms with E-state index in [1.807, 2.05) is 0 Å². The van der Waals surface area contributed by atoms with Gasteiger partial charge in [0, 0.05) is 7.05 Å². The topological polar surface area (TPSA) is 105 Å². The van der Waals surface area contributed by atoms with Gasteiger partial charge in [-0.25, -0.2) is 23.4 Å². The van der Waals surface area contributed by atoms with E-state index < -0.39 is 10.0 Å². The van der Waals surface area contributed by atoms with Crippen molar-refractivity contribution < 1.29 is 8.42 Å². The molecule has 10 heteroatoms. The van der Waals surface area contributed by atoms with Gasteiger partial charge < -0.3 is 0 Å². The van der Waals surface area contributed by atoms with Crippen molar-refractivity contribution in [1.82, 2.24) is 29.5 Å². The molecule has 0 saturated carbocycles. The molecule has 0 aliphatic carbocycles. The smallest absolute Gasteiger partial charge is 0.246 e. The highest BCUT2D eigenvalue weighted by atomic mass is 35.5. The third-order valence-electron chi connectivity index (χ3n) is 2.31. The van der Waals surface area contributed by atoms with Crippen LogP contribution in [0.3, 0.4) is 0 Å². The summed E-state index contributed by atoms with van der Waals surface area (Å²) in [5.41, 5.74) is 0. The molecule has 2 aromatic rings. The fraction of sp³-hybridized carbons (Fsp3) is 0.333. The number of sulfonamides is 1. The van der Waals surface area contributed by atoms with Crippen LogP contribution in [0.25, 0.3) is 0 Å². The lowest BCUT2D eigenvalue weighted by molar-refractivity contribution is 0.456. The summed E-state index contributed by atoms with van der Waals surface area (Å²) in [6.07, 6.45) is 2.31. The van der Waals surface area contributed by atoms with Crippen LogP contribution in [0.2, 0.25) is 5.28 Å². The summed E-state index contributed by atoms with van der Waals surface area (Å²) in [7, 11) is -2.26. The second kappa shape index (κ2) is 5.19. The highest BCUT2D eigenvalue weighted by Crippen LogP contribution is 2.14. The number of aromatic amines is 1. The normalized spacial score (nSPS) is 12.0. The van der Waals surface area contributed by atoms with Crippen molar-refractivity contribution >= 4 is 21.6 Å². The summed E-state index contributed by atoms with van der Waals surface area (Å²) in [4.78, 5) is 11.3. The van der Waals surface area contributed by atoms with Crippen LogP contribution in [-0.4, -0.2) is 44.9 Å². The number of nitrogens with one attached hydrogen (secondary N) is 1. The van der Waals surface area contributed by atoms with Crippen molar-refractivity contribution in [1.29, 1.82) is 0 Å². The molecular weight excluding hydrogens is 292 g/mol. The molecule has 0 saturated heterocycles. The average molecular weight is 303 g/mol. The monoisotopic (exact) mass is 302 g/mol. The molecule has 0 amide bonds. The number of hydrogen-bond donors (Lipinski definition) is 1. The molecule has 0 spiro atoms. The molecule has 0 atom stereocenters. The molecule has 0 aliphatic rings. The van der Waals surface area contributed by atoms with Crippen LogP contribution in [0.5, 0.6) is 0 Å². The molecule has 0 radical (unpaired) electrons. The SMILES string of the molecule is Cc1nc(CN(C)S(=O)(=O)c2cnc(Cl)nc2)n[nH]1. The number of aryl methyl sites for hydroxylation is 1. The zero-order valence-electron chi connectivity index (χ0n) is 10.2. The zero-order valence-corrected chi connectivity index (χ0v) is 11.8. The van der Waals surface area contributed by atoms with Crippen molar-refractivity contribution in [3.63, 3.8) is 0 Å². The molecule has 0 aliphatic heterocycles. The van der Waals surface area contributed by atoms with Gasteiger partial charge in [0.2, 0.25) is 15.3 Å². The largest absolute Gasteiger partial charge is 0.263 e. The summed E-state index contributed by atoms with van der Waals surface area (Å²) in [6.45, 7) is 1.79. The predicted octanol–water partition coefficient (Wildman–Crippen LogP) is 0.377. The zero-order chi connectivity index (χ0) is 14.0. The molecule has 2 heterocycles. The van der Waals surface area contributed by atoms with Crippen LogP contribution in [0, 0.1) is 6.92 Å². The molecular formula is C9H11ClN6O2S. The van der Waals surface area contributed by atoms with E-state index in [2.05, 4.69) is 25.1 Å². The fourth-order valence-corrected chi connectivity index (χ4v) is 2.47. The molecule has 0 unspecified atom stereocenters. The summed E-state index contributed by atoms with van der Waals surface area (Å²) < 4.78 is 25.5. The third kappa shape index (κ3) is 3.06. The van der Waals surface area contributed by atoms with Gasteiger partial charge in [-0.3, -0.25) is 5.10 Å². The first-order chi connectivity index (χ1) is 8.89. The van der Waals surface area contributed by atoms with Gasteiger partial charge in [0.1, 0.15) is 10.7 Å². The number of hydrogen-bond acceptors (Lipinski definition) is 6. The van der Waals surface area contributed by atoms with Crippen LogP contribution in [0.1, 0.15) is 11.6 Å². The Kier molecular flexibility index (Phi) is 3.78. The van der Waals surface area contributed by atoms with E-state index in [4.69, 9.17) is 11.6 Å². The first-order valence-electron chi connectivity index (χ1n) is 5.21. The van der Waals surface area contributed by atoms with E-state index in [0.29, 0.717) is 11.6 Å². The number of halogens is 1. The molecule has 0 bridgehead atoms. The Morgan fingerprint density at radius 1 is 1.37 bits per heavy atom. The quantitative estimate of drug-likeness (QED) is 0.819. The van der Waals surface area contributed by atoms with Crippen LogP contribution in [0.4, 0.5) is 0 Å². The van der Waals surface area contributed by atoms with Gasteiger partial charge in [-0.15, -0.1) is 0 Å². The minimum absolute atomic E-state index is 0.00815. The Balaban J connectivity index is 2.21. The average Bonchev–Trinajstić information content (AvgIpc) is 2.75. The lowest BCUT2D eigenvalue weighted by Crippen LogP contribution is -2.27. The molecule has 102 valence electrons. The maximum absolute atomic E-state index is 12.2. The van der Waals surface area contributed by atoms with E-state index in [-0.39, 0.29) is 16.7 Å². The number of rotatable bonds is 4. The summed E-state index contributed by atoms with van der Waals surface area (Å²) in [5, 5.41) is 6.52. The molecule has 8 nitrogen and oxygen atoms in total. The minimum Gasteiger partial charge on any atom is -0.263 e.